The van der Waals surface area contributed by atoms with Crippen LogP contribution in [0.25, 0.3) is 0 Å². The van der Waals surface area contributed by atoms with Crippen LogP contribution in [0, 0.1) is 12.3 Å². The molecule has 3 rings (SSSR count). The summed E-state index contributed by atoms with van der Waals surface area (Å²) < 4.78 is 8.49. The van der Waals surface area contributed by atoms with E-state index < -0.39 is 5.60 Å². The molecule has 0 aromatic carbocycles. The normalized spacial score (nSPS) is 28.9. The number of allylic oxidation sites excluding steroid dienone is 1. The predicted octanol–water partition coefficient (Wildman–Crippen LogP) is 3.23. The molecule has 2 aliphatic carbocycles. The first kappa shape index (κ1) is 17.1. The maximum absolute atomic E-state index is 10.3. The number of aryl methyl sites for hydroxylation is 1. The van der Waals surface area contributed by atoms with Gasteiger partial charge in [0.1, 0.15) is 17.2 Å². The lowest BCUT2D eigenvalue weighted by Gasteiger charge is -2.46. The van der Waals surface area contributed by atoms with E-state index in [1.54, 1.807) is 6.08 Å². The zero-order valence-electron chi connectivity index (χ0n) is 14.9. The Balaban J connectivity index is 1.94. The second-order valence-corrected chi connectivity index (χ2v) is 7.60. The van der Waals surface area contributed by atoms with Gasteiger partial charge in [0.05, 0.1) is 12.6 Å². The molecule has 5 heteroatoms. The van der Waals surface area contributed by atoms with E-state index in [4.69, 9.17) is 16.2 Å². The van der Waals surface area contributed by atoms with Crippen LogP contribution < -0.4 is 11.5 Å². The summed E-state index contributed by atoms with van der Waals surface area (Å²) in [6, 6.07) is 3.71. The van der Waals surface area contributed by atoms with Gasteiger partial charge < -0.3 is 25.9 Å². The topological polar surface area (TPSA) is 86.4 Å². The molecular weight excluding hydrogens is 302 g/mol. The van der Waals surface area contributed by atoms with Crippen molar-refractivity contribution in [3.63, 3.8) is 0 Å². The average molecular weight is 331 g/mol. The van der Waals surface area contributed by atoms with Crippen LogP contribution in [-0.2, 0) is 4.74 Å². The Morgan fingerprint density at radius 1 is 1.33 bits per heavy atom. The summed E-state index contributed by atoms with van der Waals surface area (Å²) in [6.45, 7) is 7.31. The largest absolute Gasteiger partial charge is 0.508 e. The molecule has 0 amide bonds. The Bertz CT molecular complexity index is 660. The molecule has 1 aromatic rings. The fraction of sp³-hybridized carbons (Fsp3) is 0.579. The molecule has 2 unspecified atom stereocenters. The molecule has 0 radical (unpaired) electrons. The molecule has 2 atom stereocenters. The number of aliphatic hydroxyl groups excluding tert-OH is 1. The van der Waals surface area contributed by atoms with Gasteiger partial charge in [-0.1, -0.05) is 6.42 Å². The Morgan fingerprint density at radius 2 is 2.04 bits per heavy atom. The first-order valence-corrected chi connectivity index (χ1v) is 8.68. The zero-order chi connectivity index (χ0) is 17.5. The molecule has 1 fully saturated rings. The van der Waals surface area contributed by atoms with Crippen molar-refractivity contribution in [1.82, 2.24) is 4.57 Å². The predicted molar refractivity (Wildman–Crippen MR) is 96.8 cm³/mol. The van der Waals surface area contributed by atoms with Gasteiger partial charge in [-0.25, -0.2) is 0 Å². The van der Waals surface area contributed by atoms with Gasteiger partial charge in [0.15, 0.2) is 0 Å². The highest BCUT2D eigenvalue weighted by Crippen LogP contribution is 2.45. The molecule has 1 aromatic heterocycles. The van der Waals surface area contributed by atoms with Crippen LogP contribution in [0.5, 0.6) is 0 Å². The molecule has 1 heterocycles. The molecule has 5 nitrogen and oxygen atoms in total. The molecule has 5 N–H and O–H groups in total. The Labute approximate surface area is 144 Å². The van der Waals surface area contributed by atoms with Gasteiger partial charge in [-0.15, -0.1) is 0 Å². The quantitative estimate of drug-likeness (QED) is 0.773. The Hall–Kier alpha value is -1.72. The molecule has 0 bridgehead atoms. The third-order valence-electron chi connectivity index (χ3n) is 5.88. The molecule has 0 spiro atoms. The van der Waals surface area contributed by atoms with Gasteiger partial charge in [0.2, 0.25) is 0 Å². The maximum atomic E-state index is 10.3. The van der Waals surface area contributed by atoms with Gasteiger partial charge in [0, 0.05) is 17.7 Å². The van der Waals surface area contributed by atoms with E-state index in [0.29, 0.717) is 19.0 Å². The summed E-state index contributed by atoms with van der Waals surface area (Å²) in [5.41, 5.74) is 13.6. The fourth-order valence-corrected chi connectivity index (χ4v) is 3.93. The lowest BCUT2D eigenvalue weighted by molar-refractivity contribution is -0.0868. The number of nitrogen functional groups attached to an aromatic ring is 1. The average Bonchev–Trinajstić information content (AvgIpc) is 2.83. The van der Waals surface area contributed by atoms with E-state index in [-0.39, 0.29) is 17.2 Å². The van der Waals surface area contributed by atoms with Gasteiger partial charge in [-0.05, 0) is 63.5 Å². The third kappa shape index (κ3) is 2.66. The minimum atomic E-state index is -0.577. The van der Waals surface area contributed by atoms with E-state index in [2.05, 4.69) is 6.92 Å². The van der Waals surface area contributed by atoms with Crippen molar-refractivity contribution in [2.45, 2.75) is 51.7 Å². The Morgan fingerprint density at radius 3 is 2.54 bits per heavy atom. The number of nitrogens with two attached hydrogens (primary N) is 2. The number of aromatic nitrogens is 1. The van der Waals surface area contributed by atoms with Crippen molar-refractivity contribution in [2.75, 3.05) is 18.9 Å². The van der Waals surface area contributed by atoms with Gasteiger partial charge in [0.25, 0.3) is 0 Å². The second-order valence-electron chi connectivity index (χ2n) is 7.60. The van der Waals surface area contributed by atoms with Crippen LogP contribution in [0.15, 0.2) is 35.6 Å². The summed E-state index contributed by atoms with van der Waals surface area (Å²) in [6.07, 6.45) is 7.15. The van der Waals surface area contributed by atoms with Crippen LogP contribution in [0.4, 0.5) is 5.82 Å². The fourth-order valence-electron chi connectivity index (χ4n) is 3.93. The molecule has 1 saturated carbocycles. The molecule has 0 saturated heterocycles. The number of hydrogen-bond acceptors (Lipinski definition) is 4. The minimum absolute atomic E-state index is 0.107. The van der Waals surface area contributed by atoms with Gasteiger partial charge >= 0.3 is 0 Å². The monoisotopic (exact) mass is 331 g/mol. The van der Waals surface area contributed by atoms with E-state index in [9.17, 15) is 5.11 Å². The van der Waals surface area contributed by atoms with E-state index in [0.717, 1.165) is 24.1 Å². The number of aliphatic hydroxyl groups is 1. The van der Waals surface area contributed by atoms with Crippen LogP contribution in [0.2, 0.25) is 0 Å². The van der Waals surface area contributed by atoms with Crippen LogP contribution in [-0.4, -0.2) is 28.4 Å². The molecular formula is C19H29N3O2. The highest BCUT2D eigenvalue weighted by atomic mass is 16.5. The van der Waals surface area contributed by atoms with Gasteiger partial charge in [-0.3, -0.25) is 0 Å². The number of nitrogens with zero attached hydrogens (tertiary/aromatic N) is 1. The van der Waals surface area contributed by atoms with Crippen molar-refractivity contribution in [2.24, 2.45) is 11.1 Å². The van der Waals surface area contributed by atoms with Crippen molar-refractivity contribution < 1.29 is 9.84 Å². The zero-order valence-corrected chi connectivity index (χ0v) is 14.9. The van der Waals surface area contributed by atoms with E-state index >= 15 is 0 Å². The lowest BCUT2D eigenvalue weighted by Crippen LogP contribution is -2.47. The van der Waals surface area contributed by atoms with Crippen molar-refractivity contribution in [3.8, 4) is 0 Å². The Kier molecular flexibility index (Phi) is 4.26. The van der Waals surface area contributed by atoms with E-state index in [1.165, 1.54) is 6.42 Å². The number of hydrogen-bond donors (Lipinski definition) is 3. The highest BCUT2D eigenvalue weighted by Gasteiger charge is 2.44. The smallest absolute Gasteiger partial charge is 0.116 e. The lowest BCUT2D eigenvalue weighted by atomic mass is 9.69. The molecule has 24 heavy (non-hydrogen) atoms. The second kappa shape index (κ2) is 5.97. The molecule has 2 aliphatic rings. The number of ether oxygens (including phenoxy) is 1. The molecule has 0 aliphatic heterocycles. The van der Waals surface area contributed by atoms with Gasteiger partial charge in [-0.2, -0.15) is 0 Å². The SMILES string of the molecule is CC1=C(O)C=CC(C)(OCC2(CN)CCC2)C1n1c(C)ccc1N. The summed E-state index contributed by atoms with van der Waals surface area (Å²) in [5, 5.41) is 10.3. The first-order chi connectivity index (χ1) is 11.3. The highest BCUT2D eigenvalue weighted by molar-refractivity contribution is 5.41. The van der Waals surface area contributed by atoms with Crippen LogP contribution in [0.1, 0.15) is 44.8 Å². The maximum Gasteiger partial charge on any atom is 0.116 e. The van der Waals surface area contributed by atoms with Crippen LogP contribution in [0.3, 0.4) is 0 Å². The third-order valence-corrected chi connectivity index (χ3v) is 5.88. The summed E-state index contributed by atoms with van der Waals surface area (Å²) in [7, 11) is 0. The van der Waals surface area contributed by atoms with Crippen molar-refractivity contribution in [1.29, 1.82) is 0 Å². The minimum Gasteiger partial charge on any atom is -0.508 e. The van der Waals surface area contributed by atoms with Crippen LogP contribution >= 0.6 is 0 Å². The molecule has 132 valence electrons. The standard InChI is InChI=1S/C19H29N3O2/c1-13-5-6-16(21)22(13)17-14(2)15(23)7-10-18(17,3)24-12-19(11-20)8-4-9-19/h5-7,10,17,23H,4,8-9,11-12,20-21H2,1-3H3. The van der Waals surface area contributed by atoms with Crippen molar-refractivity contribution >= 4 is 5.82 Å². The number of anilines is 1. The van der Waals surface area contributed by atoms with E-state index in [1.807, 2.05) is 36.6 Å². The number of rotatable bonds is 5. The first-order valence-electron chi connectivity index (χ1n) is 8.68. The summed E-state index contributed by atoms with van der Waals surface area (Å²) >= 11 is 0. The van der Waals surface area contributed by atoms with Crippen molar-refractivity contribution in [3.05, 3.63) is 41.3 Å². The summed E-state index contributed by atoms with van der Waals surface area (Å²) in [4.78, 5) is 0. The summed E-state index contributed by atoms with van der Waals surface area (Å²) in [5.74, 6) is 0.956.